The molecule has 1 fully saturated rings. The summed E-state index contributed by atoms with van der Waals surface area (Å²) < 4.78 is 17.3. The van der Waals surface area contributed by atoms with Gasteiger partial charge in [0.1, 0.15) is 11.5 Å². The Labute approximate surface area is 258 Å². The van der Waals surface area contributed by atoms with Crippen LogP contribution in [0.4, 0.5) is 0 Å². The molecule has 226 valence electrons. The molecule has 0 saturated heterocycles. The van der Waals surface area contributed by atoms with Gasteiger partial charge >= 0.3 is 5.97 Å². The van der Waals surface area contributed by atoms with Gasteiger partial charge < -0.3 is 29.1 Å². The van der Waals surface area contributed by atoms with Gasteiger partial charge in [0.25, 0.3) is 5.91 Å². The summed E-state index contributed by atoms with van der Waals surface area (Å²) in [6, 6.07) is 10.6. The second-order valence-corrected chi connectivity index (χ2v) is 12.5. The number of benzene rings is 1. The summed E-state index contributed by atoms with van der Waals surface area (Å²) in [5.41, 5.74) is -1.20. The molecule has 1 saturated carbocycles. The molecule has 3 aromatic rings. The summed E-state index contributed by atoms with van der Waals surface area (Å²) in [5.74, 6) is -0.620. The van der Waals surface area contributed by atoms with Crippen molar-refractivity contribution < 1.29 is 33.7 Å². The number of likely N-dealkylation sites (N-methyl/N-ethyl adjacent to an activating group) is 2. The Morgan fingerprint density at radius 2 is 1.69 bits per heavy atom. The van der Waals surface area contributed by atoms with Crippen LogP contribution in [-0.4, -0.2) is 86.1 Å². The first-order chi connectivity index (χ1) is 20.2. The van der Waals surface area contributed by atoms with E-state index in [-0.39, 0.29) is 29.4 Å². The van der Waals surface area contributed by atoms with Gasteiger partial charge in [-0.25, -0.2) is 4.79 Å². The van der Waals surface area contributed by atoms with Crippen molar-refractivity contribution in [2.24, 2.45) is 0 Å². The number of carbonyl (C=O) groups is 3. The average molecular weight is 635 g/mol. The first-order valence-corrected chi connectivity index (χ1v) is 15.7. The van der Waals surface area contributed by atoms with Crippen molar-refractivity contribution in [3.63, 3.8) is 0 Å². The first kappa shape index (κ1) is 32.0. The number of carboxylic acids is 1. The van der Waals surface area contributed by atoms with E-state index in [4.69, 9.17) is 25.8 Å². The SMILES string of the molecule is COc1cc(OCC(=O)N(C)CCN(C)C2CCC(OC(C(=O)O)(c3cccs3)c3cccs3)CC2)c(Cl)cc1C=O. The van der Waals surface area contributed by atoms with E-state index in [9.17, 15) is 19.5 Å². The summed E-state index contributed by atoms with van der Waals surface area (Å²) >= 11 is 8.98. The van der Waals surface area contributed by atoms with Crippen molar-refractivity contribution in [1.29, 1.82) is 0 Å². The number of ether oxygens (including phenoxy) is 3. The van der Waals surface area contributed by atoms with Gasteiger partial charge in [0, 0.05) is 32.2 Å². The second-order valence-electron chi connectivity index (χ2n) is 10.2. The lowest BCUT2D eigenvalue weighted by Crippen LogP contribution is -2.45. The van der Waals surface area contributed by atoms with Crippen LogP contribution in [0.15, 0.2) is 47.2 Å². The number of hydrogen-bond donors (Lipinski definition) is 1. The number of methoxy groups -OCH3 is 1. The van der Waals surface area contributed by atoms with E-state index in [0.29, 0.717) is 46.5 Å². The number of carboxylic acid groups (broad SMARTS) is 1. The summed E-state index contributed by atoms with van der Waals surface area (Å²) in [7, 11) is 5.21. The standard InChI is InChI=1S/C30H35ClN2O7S2/c1-32(12-13-33(2)28(35)19-39-25-17-24(38-3)20(18-34)16-23(25)31)21-8-10-22(11-9-21)40-30(29(36)37,26-6-4-14-41-26)27-7-5-15-42-27/h4-7,14-18,21-22H,8-13,19H2,1-3H3,(H,36,37). The zero-order valence-electron chi connectivity index (χ0n) is 23.8. The van der Waals surface area contributed by atoms with Gasteiger partial charge in [0.05, 0.1) is 33.6 Å². The van der Waals surface area contributed by atoms with Crippen molar-refractivity contribution in [1.82, 2.24) is 9.80 Å². The molecular formula is C30H35ClN2O7S2. The number of thiophene rings is 2. The van der Waals surface area contributed by atoms with Gasteiger partial charge in [0.15, 0.2) is 12.9 Å². The Morgan fingerprint density at radius 1 is 1.05 bits per heavy atom. The normalized spacial score (nSPS) is 17.2. The lowest BCUT2D eigenvalue weighted by molar-refractivity contribution is -0.170. The van der Waals surface area contributed by atoms with Gasteiger partial charge in [-0.15, -0.1) is 22.7 Å². The Hall–Kier alpha value is -2.96. The van der Waals surface area contributed by atoms with E-state index < -0.39 is 11.6 Å². The molecule has 1 aromatic carbocycles. The van der Waals surface area contributed by atoms with E-state index in [2.05, 4.69) is 4.90 Å². The Morgan fingerprint density at radius 3 is 2.21 bits per heavy atom. The maximum atomic E-state index is 12.7. The molecule has 1 aliphatic carbocycles. The summed E-state index contributed by atoms with van der Waals surface area (Å²) in [5, 5.41) is 14.4. The molecule has 1 N–H and O–H groups in total. The Kier molecular flexibility index (Phi) is 11.0. The van der Waals surface area contributed by atoms with E-state index in [1.165, 1.54) is 41.9 Å². The fraction of sp³-hybridized carbons (Fsp3) is 0.433. The van der Waals surface area contributed by atoms with Gasteiger partial charge in [-0.2, -0.15) is 0 Å². The number of carbonyl (C=O) groups excluding carboxylic acids is 2. The molecule has 0 aliphatic heterocycles. The molecule has 1 aliphatic rings. The molecule has 42 heavy (non-hydrogen) atoms. The highest BCUT2D eigenvalue weighted by atomic mass is 35.5. The third-order valence-corrected chi connectivity index (χ3v) is 9.86. The van der Waals surface area contributed by atoms with Crippen LogP contribution in [0.5, 0.6) is 11.5 Å². The van der Waals surface area contributed by atoms with E-state index in [0.717, 1.165) is 25.7 Å². The van der Waals surface area contributed by atoms with Gasteiger partial charge in [-0.05, 0) is 61.7 Å². The molecule has 0 atom stereocenters. The lowest BCUT2D eigenvalue weighted by atomic mass is 9.90. The molecular weight excluding hydrogens is 600 g/mol. The number of aliphatic carboxylic acids is 1. The van der Waals surface area contributed by atoms with Gasteiger partial charge in [0.2, 0.25) is 5.60 Å². The predicted molar refractivity (Wildman–Crippen MR) is 163 cm³/mol. The van der Waals surface area contributed by atoms with Crippen LogP contribution >= 0.6 is 34.3 Å². The summed E-state index contributed by atoms with van der Waals surface area (Å²) in [6.45, 7) is 0.978. The molecule has 12 heteroatoms. The van der Waals surface area contributed by atoms with Gasteiger partial charge in [-0.1, -0.05) is 23.7 Å². The first-order valence-electron chi connectivity index (χ1n) is 13.6. The number of hydrogen-bond acceptors (Lipinski definition) is 9. The molecule has 0 bridgehead atoms. The molecule has 4 rings (SSSR count). The minimum Gasteiger partial charge on any atom is -0.496 e. The number of nitrogens with zero attached hydrogens (tertiary/aromatic N) is 2. The average Bonchev–Trinajstić information content (AvgIpc) is 3.73. The fourth-order valence-corrected chi connectivity index (χ4v) is 7.14. The van der Waals surface area contributed by atoms with E-state index in [1.54, 1.807) is 11.9 Å². The molecule has 0 spiro atoms. The fourth-order valence-electron chi connectivity index (χ4n) is 5.10. The minimum atomic E-state index is -1.50. The van der Waals surface area contributed by atoms with Gasteiger partial charge in [-0.3, -0.25) is 9.59 Å². The lowest BCUT2D eigenvalue weighted by Gasteiger charge is -2.38. The molecule has 2 aromatic heterocycles. The highest BCUT2D eigenvalue weighted by molar-refractivity contribution is 7.12. The van der Waals surface area contributed by atoms with Crippen molar-refractivity contribution in [3.8, 4) is 11.5 Å². The highest BCUT2D eigenvalue weighted by Gasteiger charge is 2.48. The third-order valence-electron chi connectivity index (χ3n) is 7.62. The quantitative estimate of drug-likeness (QED) is 0.235. The van der Waals surface area contributed by atoms with E-state index in [1.807, 2.05) is 42.1 Å². The monoisotopic (exact) mass is 634 g/mol. The van der Waals surface area contributed by atoms with Crippen LogP contribution in [0, 0.1) is 0 Å². The zero-order chi connectivity index (χ0) is 30.3. The summed E-state index contributed by atoms with van der Waals surface area (Å²) in [6.07, 6.45) is 3.69. The van der Waals surface area contributed by atoms with Crippen molar-refractivity contribution in [3.05, 3.63) is 67.5 Å². The van der Waals surface area contributed by atoms with Crippen LogP contribution < -0.4 is 9.47 Å². The van der Waals surface area contributed by atoms with Crippen molar-refractivity contribution in [2.75, 3.05) is 40.9 Å². The molecule has 9 nitrogen and oxygen atoms in total. The molecule has 2 heterocycles. The summed E-state index contributed by atoms with van der Waals surface area (Å²) in [4.78, 5) is 41.7. The van der Waals surface area contributed by atoms with Crippen LogP contribution in [0.2, 0.25) is 5.02 Å². The van der Waals surface area contributed by atoms with Crippen LogP contribution in [0.25, 0.3) is 0 Å². The minimum absolute atomic E-state index is 0.178. The predicted octanol–water partition coefficient (Wildman–Crippen LogP) is 5.41. The molecule has 0 unspecified atom stereocenters. The smallest absolute Gasteiger partial charge is 0.347 e. The molecule has 1 amide bonds. The largest absolute Gasteiger partial charge is 0.496 e. The van der Waals surface area contributed by atoms with Crippen molar-refractivity contribution in [2.45, 2.75) is 43.4 Å². The second kappa shape index (κ2) is 14.5. The zero-order valence-corrected chi connectivity index (χ0v) is 26.2. The highest BCUT2D eigenvalue weighted by Crippen LogP contribution is 2.42. The third kappa shape index (κ3) is 7.15. The van der Waals surface area contributed by atoms with Crippen LogP contribution in [-0.2, 0) is 19.9 Å². The number of aldehydes is 1. The van der Waals surface area contributed by atoms with Crippen LogP contribution in [0.1, 0.15) is 45.8 Å². The maximum absolute atomic E-state index is 12.7. The van der Waals surface area contributed by atoms with E-state index >= 15 is 0 Å². The number of amides is 1. The number of rotatable bonds is 14. The van der Waals surface area contributed by atoms with Crippen LogP contribution in [0.3, 0.4) is 0 Å². The van der Waals surface area contributed by atoms with Crippen molar-refractivity contribution >= 4 is 52.4 Å². The molecule has 0 radical (unpaired) electrons. The number of halogens is 1. The maximum Gasteiger partial charge on any atom is 0.347 e. The topological polar surface area (TPSA) is 106 Å². The Bertz CT molecular complexity index is 1310. The Balaban J connectivity index is 1.27.